The number of benzene rings is 1. The van der Waals surface area contributed by atoms with E-state index in [4.69, 9.17) is 5.73 Å². The monoisotopic (exact) mass is 206 g/mol. The van der Waals surface area contributed by atoms with E-state index in [0.717, 1.165) is 19.4 Å². The van der Waals surface area contributed by atoms with E-state index >= 15 is 0 Å². The Labute approximate surface area is 92.9 Å². The van der Waals surface area contributed by atoms with Gasteiger partial charge in [-0.25, -0.2) is 0 Å². The zero-order valence-electron chi connectivity index (χ0n) is 9.74. The molecule has 0 heterocycles. The third kappa shape index (κ3) is 4.96. The lowest BCUT2D eigenvalue weighted by Crippen LogP contribution is -2.24. The van der Waals surface area contributed by atoms with E-state index in [1.54, 1.807) is 0 Å². The second kappa shape index (κ2) is 6.59. The average Bonchev–Trinajstić information content (AvgIpc) is 2.25. The van der Waals surface area contributed by atoms with Crippen molar-refractivity contribution >= 4 is 0 Å². The number of rotatable bonds is 6. The lowest BCUT2D eigenvalue weighted by molar-refractivity contribution is 0.529. The number of hydrogen-bond donors (Lipinski definition) is 2. The molecule has 1 unspecified atom stereocenters. The smallest absolute Gasteiger partial charge is 0.0295 e. The third-order valence-electron chi connectivity index (χ3n) is 2.47. The van der Waals surface area contributed by atoms with Gasteiger partial charge in [-0.3, -0.25) is 0 Å². The first-order valence-corrected chi connectivity index (χ1v) is 5.74. The van der Waals surface area contributed by atoms with Crippen molar-refractivity contribution in [2.24, 2.45) is 5.73 Å². The molecule has 0 saturated carbocycles. The molecule has 0 fully saturated rings. The molecule has 3 N–H and O–H groups in total. The Hall–Kier alpha value is -0.860. The van der Waals surface area contributed by atoms with Gasteiger partial charge >= 0.3 is 0 Å². The Kier molecular flexibility index (Phi) is 5.37. The summed E-state index contributed by atoms with van der Waals surface area (Å²) in [5, 5.41) is 3.40. The normalized spacial score (nSPS) is 13.1. The van der Waals surface area contributed by atoms with Crippen molar-refractivity contribution in [3.8, 4) is 0 Å². The Morgan fingerprint density at radius 2 is 1.87 bits per heavy atom. The van der Waals surface area contributed by atoms with E-state index in [1.165, 1.54) is 5.56 Å². The highest BCUT2D eigenvalue weighted by molar-refractivity contribution is 5.18. The first-order valence-electron chi connectivity index (χ1n) is 5.74. The first kappa shape index (κ1) is 12.2. The van der Waals surface area contributed by atoms with E-state index < -0.39 is 0 Å². The molecule has 84 valence electrons. The second-order valence-corrected chi connectivity index (χ2v) is 4.27. The largest absolute Gasteiger partial charge is 0.324 e. The zero-order valence-corrected chi connectivity index (χ0v) is 9.74. The Morgan fingerprint density at radius 3 is 2.47 bits per heavy atom. The summed E-state index contributed by atoms with van der Waals surface area (Å²) in [4.78, 5) is 0. The highest BCUT2D eigenvalue weighted by atomic mass is 14.9. The number of nitrogens with one attached hydrogen (secondary N) is 1. The first-order chi connectivity index (χ1) is 7.20. The van der Waals surface area contributed by atoms with Crippen molar-refractivity contribution in [3.63, 3.8) is 0 Å². The van der Waals surface area contributed by atoms with Gasteiger partial charge in [0, 0.05) is 12.1 Å². The molecule has 2 nitrogen and oxygen atoms in total. The van der Waals surface area contributed by atoms with Gasteiger partial charge in [0.2, 0.25) is 0 Å². The van der Waals surface area contributed by atoms with Crippen LogP contribution in [-0.2, 0) is 0 Å². The van der Waals surface area contributed by atoms with E-state index in [1.807, 2.05) is 18.2 Å². The van der Waals surface area contributed by atoms with Gasteiger partial charge in [0.15, 0.2) is 0 Å². The van der Waals surface area contributed by atoms with Crippen molar-refractivity contribution in [2.45, 2.75) is 38.8 Å². The van der Waals surface area contributed by atoms with Crippen LogP contribution in [0.25, 0.3) is 0 Å². The molecule has 0 aliphatic carbocycles. The van der Waals surface area contributed by atoms with Crippen molar-refractivity contribution in [2.75, 3.05) is 6.54 Å². The van der Waals surface area contributed by atoms with E-state index in [9.17, 15) is 0 Å². The molecule has 15 heavy (non-hydrogen) atoms. The summed E-state index contributed by atoms with van der Waals surface area (Å²) in [5.41, 5.74) is 7.32. The van der Waals surface area contributed by atoms with Crippen LogP contribution in [0.1, 0.15) is 38.3 Å². The quantitative estimate of drug-likeness (QED) is 0.702. The molecule has 1 atom stereocenters. The molecule has 0 amide bonds. The van der Waals surface area contributed by atoms with Gasteiger partial charge in [-0.15, -0.1) is 0 Å². The summed E-state index contributed by atoms with van der Waals surface area (Å²) in [5.74, 6) is 0. The Balaban J connectivity index is 2.22. The van der Waals surface area contributed by atoms with Crippen LogP contribution in [0.4, 0.5) is 0 Å². The fourth-order valence-corrected chi connectivity index (χ4v) is 1.58. The van der Waals surface area contributed by atoms with E-state index in [0.29, 0.717) is 6.04 Å². The summed E-state index contributed by atoms with van der Waals surface area (Å²) in [7, 11) is 0. The van der Waals surface area contributed by atoms with Gasteiger partial charge in [0.05, 0.1) is 0 Å². The van der Waals surface area contributed by atoms with Crippen LogP contribution in [0.3, 0.4) is 0 Å². The SMILES string of the molecule is CC(C)NCCCC(N)c1ccccc1. The minimum atomic E-state index is 0.181. The Morgan fingerprint density at radius 1 is 1.20 bits per heavy atom. The minimum absolute atomic E-state index is 0.181. The fraction of sp³-hybridized carbons (Fsp3) is 0.538. The highest BCUT2D eigenvalue weighted by Crippen LogP contribution is 2.14. The zero-order chi connectivity index (χ0) is 11.1. The van der Waals surface area contributed by atoms with Gasteiger partial charge < -0.3 is 11.1 Å². The summed E-state index contributed by atoms with van der Waals surface area (Å²) in [6.07, 6.45) is 2.18. The maximum absolute atomic E-state index is 6.08. The van der Waals surface area contributed by atoms with Crippen molar-refractivity contribution in [1.29, 1.82) is 0 Å². The predicted molar refractivity (Wildman–Crippen MR) is 65.7 cm³/mol. The lowest BCUT2D eigenvalue weighted by atomic mass is 10.0. The van der Waals surface area contributed by atoms with Crippen LogP contribution < -0.4 is 11.1 Å². The molecule has 0 aromatic heterocycles. The molecule has 1 rings (SSSR count). The number of hydrogen-bond acceptors (Lipinski definition) is 2. The molecule has 0 radical (unpaired) electrons. The summed E-state index contributed by atoms with van der Waals surface area (Å²) < 4.78 is 0. The van der Waals surface area contributed by atoms with E-state index in [2.05, 4.69) is 31.3 Å². The Bertz CT molecular complexity index is 256. The van der Waals surface area contributed by atoms with Gasteiger partial charge in [-0.1, -0.05) is 44.2 Å². The molecular formula is C13H22N2. The lowest BCUT2D eigenvalue weighted by Gasteiger charge is -2.13. The molecule has 1 aromatic rings. The van der Waals surface area contributed by atoms with Gasteiger partial charge in [0.25, 0.3) is 0 Å². The maximum Gasteiger partial charge on any atom is 0.0295 e. The maximum atomic E-state index is 6.08. The van der Waals surface area contributed by atoms with Crippen molar-refractivity contribution < 1.29 is 0 Å². The van der Waals surface area contributed by atoms with Crippen LogP contribution in [0.15, 0.2) is 30.3 Å². The standard InChI is InChI=1S/C13H22N2/c1-11(2)15-10-6-9-13(14)12-7-4-3-5-8-12/h3-5,7-8,11,13,15H,6,9-10,14H2,1-2H3. The van der Waals surface area contributed by atoms with Gasteiger partial charge in [-0.05, 0) is 24.9 Å². The molecule has 0 spiro atoms. The summed E-state index contributed by atoms with van der Waals surface area (Å²) in [6, 6.07) is 11.1. The van der Waals surface area contributed by atoms with Crippen LogP contribution in [0.2, 0.25) is 0 Å². The predicted octanol–water partition coefficient (Wildman–Crippen LogP) is 2.46. The van der Waals surface area contributed by atoms with Crippen molar-refractivity contribution in [3.05, 3.63) is 35.9 Å². The molecule has 0 aliphatic heterocycles. The third-order valence-corrected chi connectivity index (χ3v) is 2.47. The van der Waals surface area contributed by atoms with Crippen molar-refractivity contribution in [1.82, 2.24) is 5.32 Å². The molecule has 0 saturated heterocycles. The molecule has 2 heteroatoms. The van der Waals surface area contributed by atoms with Crippen LogP contribution in [0, 0.1) is 0 Å². The summed E-state index contributed by atoms with van der Waals surface area (Å²) >= 11 is 0. The molecule has 0 aliphatic rings. The van der Waals surface area contributed by atoms with Gasteiger partial charge in [0.1, 0.15) is 0 Å². The second-order valence-electron chi connectivity index (χ2n) is 4.27. The minimum Gasteiger partial charge on any atom is -0.324 e. The van der Waals surface area contributed by atoms with Crippen LogP contribution >= 0.6 is 0 Å². The topological polar surface area (TPSA) is 38.0 Å². The molecule has 0 bridgehead atoms. The molecular weight excluding hydrogens is 184 g/mol. The van der Waals surface area contributed by atoms with Crippen LogP contribution in [0.5, 0.6) is 0 Å². The average molecular weight is 206 g/mol. The van der Waals surface area contributed by atoms with Crippen LogP contribution in [-0.4, -0.2) is 12.6 Å². The highest BCUT2D eigenvalue weighted by Gasteiger charge is 2.04. The molecule has 1 aromatic carbocycles. The van der Waals surface area contributed by atoms with E-state index in [-0.39, 0.29) is 6.04 Å². The van der Waals surface area contributed by atoms with Gasteiger partial charge in [-0.2, -0.15) is 0 Å². The number of nitrogens with two attached hydrogens (primary N) is 1. The fourth-order valence-electron chi connectivity index (χ4n) is 1.58. The summed E-state index contributed by atoms with van der Waals surface area (Å²) in [6.45, 7) is 5.38.